The van der Waals surface area contributed by atoms with Crippen LogP contribution < -0.4 is 15.8 Å². The number of pyridine rings is 1. The Balaban J connectivity index is 1.50. The summed E-state index contributed by atoms with van der Waals surface area (Å²) >= 11 is 0. The van der Waals surface area contributed by atoms with Crippen molar-refractivity contribution in [3.8, 4) is 11.6 Å². The van der Waals surface area contributed by atoms with Gasteiger partial charge in [0.05, 0.1) is 11.5 Å². The highest BCUT2D eigenvalue weighted by molar-refractivity contribution is 5.92. The molecule has 8 heteroatoms. The summed E-state index contributed by atoms with van der Waals surface area (Å²) < 4.78 is 45.2. The Labute approximate surface area is 183 Å². The number of benzene rings is 2. The van der Waals surface area contributed by atoms with Crippen LogP contribution in [0.25, 0.3) is 10.8 Å². The molecule has 0 radical (unpaired) electrons. The molecular weight excluding hydrogens is 419 g/mol. The summed E-state index contributed by atoms with van der Waals surface area (Å²) in [7, 11) is 0. The number of carbonyl (C=O) groups excluding carboxylic acids is 1. The van der Waals surface area contributed by atoms with Crippen molar-refractivity contribution in [3.63, 3.8) is 0 Å². The van der Waals surface area contributed by atoms with Crippen molar-refractivity contribution in [1.29, 1.82) is 0 Å². The van der Waals surface area contributed by atoms with Gasteiger partial charge in [0.25, 0.3) is 0 Å². The van der Waals surface area contributed by atoms with Gasteiger partial charge in [-0.25, -0.2) is 4.98 Å². The molecule has 2 aromatic carbocycles. The predicted molar refractivity (Wildman–Crippen MR) is 115 cm³/mol. The van der Waals surface area contributed by atoms with Gasteiger partial charge >= 0.3 is 6.18 Å². The zero-order valence-corrected chi connectivity index (χ0v) is 17.4. The van der Waals surface area contributed by atoms with E-state index in [0.29, 0.717) is 30.2 Å². The fraction of sp³-hybridized carbons (Fsp3) is 0.333. The number of nitrogens with one attached hydrogen (secondary N) is 1. The third-order valence-corrected chi connectivity index (χ3v) is 5.93. The van der Waals surface area contributed by atoms with Gasteiger partial charge in [-0.15, -0.1) is 0 Å². The molecule has 32 heavy (non-hydrogen) atoms. The maximum atomic E-state index is 13.1. The summed E-state index contributed by atoms with van der Waals surface area (Å²) in [6.45, 7) is 0.474. The summed E-state index contributed by atoms with van der Waals surface area (Å²) in [5.41, 5.74) is 6.51. The first-order valence-corrected chi connectivity index (χ1v) is 10.6. The average Bonchev–Trinajstić information content (AvgIpc) is 2.78. The molecule has 1 amide bonds. The van der Waals surface area contributed by atoms with Gasteiger partial charge in [0.2, 0.25) is 11.8 Å². The fourth-order valence-electron chi connectivity index (χ4n) is 4.20. The van der Waals surface area contributed by atoms with E-state index in [4.69, 9.17) is 10.5 Å². The van der Waals surface area contributed by atoms with Crippen molar-refractivity contribution in [3.05, 3.63) is 65.9 Å². The van der Waals surface area contributed by atoms with Crippen LogP contribution in [0.15, 0.2) is 54.7 Å². The van der Waals surface area contributed by atoms with E-state index in [1.807, 2.05) is 36.4 Å². The lowest BCUT2D eigenvalue weighted by Crippen LogP contribution is -2.38. The molecule has 2 atom stereocenters. The molecule has 2 unspecified atom stereocenters. The normalized spacial score (nSPS) is 19.1. The van der Waals surface area contributed by atoms with E-state index in [9.17, 15) is 18.0 Å². The summed E-state index contributed by atoms with van der Waals surface area (Å²) in [4.78, 5) is 15.3. The first-order valence-electron chi connectivity index (χ1n) is 10.6. The van der Waals surface area contributed by atoms with Gasteiger partial charge in [-0.2, -0.15) is 13.2 Å². The number of carbonyl (C=O) groups is 1. The lowest BCUT2D eigenvalue weighted by molar-refractivity contribution is -0.183. The molecule has 1 saturated carbocycles. The van der Waals surface area contributed by atoms with Crippen LogP contribution in [0.1, 0.15) is 41.6 Å². The highest BCUT2D eigenvalue weighted by Gasteiger charge is 2.42. The molecule has 3 aromatic rings. The number of halogens is 3. The van der Waals surface area contributed by atoms with Crippen LogP contribution in [0.3, 0.4) is 0 Å². The molecule has 0 spiro atoms. The predicted octanol–water partition coefficient (Wildman–Crippen LogP) is 5.34. The Morgan fingerprint density at radius 3 is 2.56 bits per heavy atom. The maximum absolute atomic E-state index is 13.1. The highest BCUT2D eigenvalue weighted by Crippen LogP contribution is 2.38. The molecule has 0 bridgehead atoms. The van der Waals surface area contributed by atoms with Gasteiger partial charge in [0, 0.05) is 30.2 Å². The monoisotopic (exact) mass is 443 g/mol. The summed E-state index contributed by atoms with van der Waals surface area (Å²) in [6, 6.07) is 14.4. The molecule has 0 aliphatic heterocycles. The topological polar surface area (TPSA) is 77.2 Å². The molecule has 0 saturated heterocycles. The van der Waals surface area contributed by atoms with Crippen LogP contribution in [-0.4, -0.2) is 23.1 Å². The lowest BCUT2D eigenvalue weighted by atomic mass is 9.85. The second-order valence-corrected chi connectivity index (χ2v) is 8.10. The molecule has 1 fully saturated rings. The standard InChI is InChI=1S/C24H24F3N3O2/c25-24(26,27)17-4-3-5-18(12-17)29-13-15-8-10-21(20-7-2-1-6-19(15)20)32-22-11-9-16(14-30-22)23(28)31/h1-2,6-11,14,17-18,29H,3-5,12-13H2,(H2,28,31). The molecule has 3 N–H and O–H groups in total. The van der Waals surface area contributed by atoms with E-state index < -0.39 is 18.0 Å². The number of rotatable bonds is 6. The SMILES string of the molecule is NC(=O)c1ccc(Oc2ccc(CNC3CCCC(C(F)(F)F)C3)c3ccccc23)nc1. The molecule has 4 rings (SSSR count). The lowest BCUT2D eigenvalue weighted by Gasteiger charge is -2.31. The van der Waals surface area contributed by atoms with Crippen molar-refractivity contribution in [2.75, 3.05) is 0 Å². The number of hydrogen-bond acceptors (Lipinski definition) is 4. The zero-order valence-electron chi connectivity index (χ0n) is 17.4. The summed E-state index contributed by atoms with van der Waals surface area (Å²) in [6.07, 6.45) is -1.11. The van der Waals surface area contributed by atoms with Gasteiger partial charge in [-0.1, -0.05) is 36.8 Å². The first-order chi connectivity index (χ1) is 15.3. The van der Waals surface area contributed by atoms with E-state index in [1.165, 1.54) is 6.20 Å². The number of amides is 1. The van der Waals surface area contributed by atoms with Gasteiger partial charge in [0.15, 0.2) is 0 Å². The van der Waals surface area contributed by atoms with E-state index in [-0.39, 0.29) is 18.9 Å². The van der Waals surface area contributed by atoms with Crippen LogP contribution in [0, 0.1) is 5.92 Å². The number of ether oxygens (including phenoxy) is 1. The minimum absolute atomic E-state index is 0.121. The van der Waals surface area contributed by atoms with Crippen LogP contribution >= 0.6 is 0 Å². The van der Waals surface area contributed by atoms with Crippen LogP contribution in [-0.2, 0) is 6.54 Å². The van der Waals surface area contributed by atoms with Gasteiger partial charge in [-0.3, -0.25) is 4.79 Å². The molecule has 168 valence electrons. The third kappa shape index (κ3) is 5.02. The van der Waals surface area contributed by atoms with Crippen LogP contribution in [0.4, 0.5) is 13.2 Å². The first kappa shape index (κ1) is 22.1. The van der Waals surface area contributed by atoms with Crippen LogP contribution in [0.2, 0.25) is 0 Å². The number of alkyl halides is 3. The molecule has 5 nitrogen and oxygen atoms in total. The van der Waals surface area contributed by atoms with Crippen molar-refractivity contribution in [2.45, 2.75) is 44.4 Å². The van der Waals surface area contributed by atoms with Crippen molar-refractivity contribution < 1.29 is 22.7 Å². The van der Waals surface area contributed by atoms with Crippen molar-refractivity contribution in [2.24, 2.45) is 11.7 Å². The second-order valence-electron chi connectivity index (χ2n) is 8.10. The third-order valence-electron chi connectivity index (χ3n) is 5.93. The fourth-order valence-corrected chi connectivity index (χ4v) is 4.20. The van der Waals surface area contributed by atoms with E-state index in [1.54, 1.807) is 12.1 Å². The summed E-state index contributed by atoms with van der Waals surface area (Å²) in [5.74, 6) is -0.870. The van der Waals surface area contributed by atoms with Gasteiger partial charge in [0.1, 0.15) is 5.75 Å². The van der Waals surface area contributed by atoms with E-state index in [2.05, 4.69) is 10.3 Å². The zero-order chi connectivity index (χ0) is 22.7. The Kier molecular flexibility index (Phi) is 6.32. The second kappa shape index (κ2) is 9.16. The van der Waals surface area contributed by atoms with Crippen molar-refractivity contribution in [1.82, 2.24) is 10.3 Å². The van der Waals surface area contributed by atoms with E-state index >= 15 is 0 Å². The summed E-state index contributed by atoms with van der Waals surface area (Å²) in [5, 5.41) is 5.14. The number of nitrogens with two attached hydrogens (primary N) is 1. The largest absolute Gasteiger partial charge is 0.438 e. The quantitative estimate of drug-likeness (QED) is 0.539. The molecule has 1 aliphatic rings. The molecular formula is C24H24F3N3O2. The molecule has 1 heterocycles. The smallest absolute Gasteiger partial charge is 0.391 e. The minimum atomic E-state index is -4.13. The van der Waals surface area contributed by atoms with Gasteiger partial charge in [-0.05, 0) is 42.3 Å². The average molecular weight is 443 g/mol. The number of nitrogens with zero attached hydrogens (tertiary/aromatic N) is 1. The van der Waals surface area contributed by atoms with Gasteiger partial charge < -0.3 is 15.8 Å². The maximum Gasteiger partial charge on any atom is 0.391 e. The Morgan fingerprint density at radius 2 is 1.88 bits per heavy atom. The van der Waals surface area contributed by atoms with Crippen LogP contribution in [0.5, 0.6) is 11.6 Å². The number of fused-ring (bicyclic) bond motifs is 1. The molecule has 1 aliphatic carbocycles. The number of hydrogen-bond donors (Lipinski definition) is 2. The highest BCUT2D eigenvalue weighted by atomic mass is 19.4. The van der Waals surface area contributed by atoms with Crippen molar-refractivity contribution >= 4 is 16.7 Å². The number of aromatic nitrogens is 1. The Morgan fingerprint density at radius 1 is 1.09 bits per heavy atom. The molecule has 1 aromatic heterocycles. The van der Waals surface area contributed by atoms with E-state index in [0.717, 1.165) is 22.8 Å². The number of primary amides is 1. The minimum Gasteiger partial charge on any atom is -0.438 e. The Hall–Kier alpha value is -3.13. The Bertz CT molecular complexity index is 1100.